The second-order valence-corrected chi connectivity index (χ2v) is 6.68. The number of nitrogens with zero attached hydrogens (tertiary/aromatic N) is 2. The van der Waals surface area contributed by atoms with Gasteiger partial charge in [0.15, 0.2) is 0 Å². The number of aromatic nitrogens is 1. The van der Waals surface area contributed by atoms with Crippen LogP contribution in [-0.4, -0.2) is 23.8 Å². The molecule has 1 heterocycles. The van der Waals surface area contributed by atoms with Gasteiger partial charge in [0.1, 0.15) is 5.84 Å². The molecule has 1 aromatic heterocycles. The SMILES string of the molecule is CN=C(C=C(N)c1cccc(C(F)(F)F)c1)NC(=O)c1cc2ncccc2cc1Cl. The molecule has 3 aromatic rings. The van der Waals surface area contributed by atoms with Gasteiger partial charge >= 0.3 is 6.18 Å². The molecule has 0 unspecified atom stereocenters. The van der Waals surface area contributed by atoms with E-state index in [1.807, 2.05) is 6.07 Å². The average molecular weight is 433 g/mol. The molecule has 0 spiro atoms. The van der Waals surface area contributed by atoms with Crippen molar-refractivity contribution in [2.24, 2.45) is 10.7 Å². The Morgan fingerprint density at radius 3 is 2.67 bits per heavy atom. The minimum absolute atomic E-state index is 0.00766. The molecule has 0 aliphatic heterocycles. The van der Waals surface area contributed by atoms with Crippen molar-refractivity contribution in [2.45, 2.75) is 6.18 Å². The summed E-state index contributed by atoms with van der Waals surface area (Å²) in [7, 11) is 1.41. The Morgan fingerprint density at radius 1 is 1.20 bits per heavy atom. The van der Waals surface area contributed by atoms with E-state index in [0.29, 0.717) is 5.52 Å². The van der Waals surface area contributed by atoms with Crippen molar-refractivity contribution in [3.05, 3.63) is 82.5 Å². The normalized spacial score (nSPS) is 12.8. The Kier molecular flexibility index (Phi) is 6.07. The monoisotopic (exact) mass is 432 g/mol. The fraction of sp³-hybridized carbons (Fsp3) is 0.0952. The van der Waals surface area contributed by atoms with E-state index in [4.69, 9.17) is 17.3 Å². The summed E-state index contributed by atoms with van der Waals surface area (Å²) < 4.78 is 38.7. The van der Waals surface area contributed by atoms with Gasteiger partial charge in [-0.15, -0.1) is 0 Å². The van der Waals surface area contributed by atoms with Crippen molar-refractivity contribution in [1.29, 1.82) is 0 Å². The van der Waals surface area contributed by atoms with E-state index < -0.39 is 17.6 Å². The van der Waals surface area contributed by atoms with Crippen molar-refractivity contribution in [2.75, 3.05) is 7.05 Å². The third-order valence-electron chi connectivity index (χ3n) is 4.23. The lowest BCUT2D eigenvalue weighted by Gasteiger charge is -2.11. The van der Waals surface area contributed by atoms with Crippen LogP contribution in [0.15, 0.2) is 65.8 Å². The van der Waals surface area contributed by atoms with E-state index in [1.54, 1.807) is 24.4 Å². The van der Waals surface area contributed by atoms with Crippen LogP contribution in [0.5, 0.6) is 0 Å². The number of amidine groups is 1. The highest BCUT2D eigenvalue weighted by atomic mass is 35.5. The molecule has 2 aromatic carbocycles. The van der Waals surface area contributed by atoms with Gasteiger partial charge in [0.2, 0.25) is 0 Å². The molecule has 0 saturated heterocycles. The Labute approximate surface area is 175 Å². The van der Waals surface area contributed by atoms with Gasteiger partial charge in [-0.05, 0) is 35.9 Å². The lowest BCUT2D eigenvalue weighted by Crippen LogP contribution is -2.30. The first-order valence-electron chi connectivity index (χ1n) is 8.66. The van der Waals surface area contributed by atoms with Crippen molar-refractivity contribution < 1.29 is 18.0 Å². The highest BCUT2D eigenvalue weighted by Gasteiger charge is 2.30. The van der Waals surface area contributed by atoms with Crippen molar-refractivity contribution >= 4 is 39.9 Å². The van der Waals surface area contributed by atoms with Gasteiger partial charge in [-0.1, -0.05) is 29.8 Å². The van der Waals surface area contributed by atoms with Crippen molar-refractivity contribution in [3.8, 4) is 0 Å². The molecular weight excluding hydrogens is 417 g/mol. The van der Waals surface area contributed by atoms with E-state index in [0.717, 1.165) is 17.5 Å². The highest BCUT2D eigenvalue weighted by molar-refractivity contribution is 6.35. The van der Waals surface area contributed by atoms with Crippen LogP contribution in [-0.2, 0) is 6.18 Å². The zero-order valence-electron chi connectivity index (χ0n) is 15.7. The summed E-state index contributed by atoms with van der Waals surface area (Å²) in [6.07, 6.45) is -1.62. The summed E-state index contributed by atoms with van der Waals surface area (Å²) >= 11 is 6.21. The van der Waals surface area contributed by atoms with Crippen LogP contribution in [0.1, 0.15) is 21.5 Å². The molecule has 0 atom stereocenters. The van der Waals surface area contributed by atoms with E-state index in [1.165, 1.54) is 25.3 Å². The quantitative estimate of drug-likeness (QED) is 0.466. The van der Waals surface area contributed by atoms with Gasteiger partial charge < -0.3 is 11.1 Å². The number of carbonyl (C=O) groups excluding carboxylic acids is 1. The number of aliphatic imine (C=N–C) groups is 1. The van der Waals surface area contributed by atoms with Gasteiger partial charge in [0, 0.05) is 30.4 Å². The molecule has 0 aliphatic carbocycles. The highest BCUT2D eigenvalue weighted by Crippen LogP contribution is 2.30. The first kappa shape index (κ1) is 21.3. The first-order chi connectivity index (χ1) is 14.2. The third kappa shape index (κ3) is 4.77. The van der Waals surface area contributed by atoms with E-state index >= 15 is 0 Å². The van der Waals surface area contributed by atoms with Crippen LogP contribution < -0.4 is 11.1 Å². The molecule has 0 fully saturated rings. The number of carbonyl (C=O) groups is 1. The Bertz CT molecular complexity index is 1170. The molecule has 0 bridgehead atoms. The lowest BCUT2D eigenvalue weighted by atomic mass is 10.1. The molecule has 0 saturated carbocycles. The number of nitrogens with one attached hydrogen (secondary N) is 1. The van der Waals surface area contributed by atoms with E-state index in [-0.39, 0.29) is 27.7 Å². The van der Waals surface area contributed by atoms with E-state index in [9.17, 15) is 18.0 Å². The topological polar surface area (TPSA) is 80.4 Å². The molecule has 9 heteroatoms. The maximum absolute atomic E-state index is 12.9. The van der Waals surface area contributed by atoms with E-state index in [2.05, 4.69) is 15.3 Å². The van der Waals surface area contributed by atoms with Gasteiger partial charge in [-0.25, -0.2) is 0 Å². The van der Waals surface area contributed by atoms with Gasteiger partial charge in [0.05, 0.1) is 21.7 Å². The summed E-state index contributed by atoms with van der Waals surface area (Å²) in [4.78, 5) is 20.8. The van der Waals surface area contributed by atoms with Crippen molar-refractivity contribution in [3.63, 3.8) is 0 Å². The smallest absolute Gasteiger partial charge is 0.398 e. The van der Waals surface area contributed by atoms with Crippen LogP contribution in [0.25, 0.3) is 16.6 Å². The zero-order chi connectivity index (χ0) is 21.9. The number of fused-ring (bicyclic) bond motifs is 1. The zero-order valence-corrected chi connectivity index (χ0v) is 16.4. The summed E-state index contributed by atoms with van der Waals surface area (Å²) in [5.41, 5.74) is 6.01. The Hall–Kier alpha value is -3.39. The number of hydrogen-bond donors (Lipinski definition) is 2. The molecule has 0 radical (unpaired) electrons. The molecule has 5 nitrogen and oxygen atoms in total. The number of pyridine rings is 1. The van der Waals surface area contributed by atoms with Crippen molar-refractivity contribution in [1.82, 2.24) is 10.3 Å². The fourth-order valence-corrected chi connectivity index (χ4v) is 2.97. The summed E-state index contributed by atoms with van der Waals surface area (Å²) in [5, 5.41) is 3.55. The maximum Gasteiger partial charge on any atom is 0.416 e. The minimum Gasteiger partial charge on any atom is -0.398 e. The number of hydrogen-bond acceptors (Lipinski definition) is 4. The largest absolute Gasteiger partial charge is 0.416 e. The second-order valence-electron chi connectivity index (χ2n) is 6.27. The predicted octanol–water partition coefficient (Wildman–Crippen LogP) is 4.66. The number of halogens is 4. The molecule has 3 rings (SSSR count). The molecule has 1 amide bonds. The van der Waals surface area contributed by atoms with Gasteiger partial charge in [-0.3, -0.25) is 14.8 Å². The number of rotatable bonds is 3. The third-order valence-corrected chi connectivity index (χ3v) is 4.55. The second kappa shape index (κ2) is 8.54. The number of nitrogens with two attached hydrogens (primary N) is 1. The fourth-order valence-electron chi connectivity index (χ4n) is 2.71. The maximum atomic E-state index is 12.9. The summed E-state index contributed by atoms with van der Waals surface area (Å²) in [5.74, 6) is -0.492. The summed E-state index contributed by atoms with van der Waals surface area (Å²) in [6.45, 7) is 0. The average Bonchev–Trinajstić information content (AvgIpc) is 2.72. The minimum atomic E-state index is -4.49. The molecule has 154 valence electrons. The van der Waals surface area contributed by atoms with Gasteiger partial charge in [-0.2, -0.15) is 13.2 Å². The molecule has 0 aliphatic rings. The number of benzene rings is 2. The predicted molar refractivity (Wildman–Crippen MR) is 111 cm³/mol. The number of amides is 1. The lowest BCUT2D eigenvalue weighted by molar-refractivity contribution is -0.137. The Morgan fingerprint density at radius 2 is 1.97 bits per heavy atom. The molecular formula is C21H16ClF3N4O. The van der Waals surface area contributed by atoms with Crippen LogP contribution >= 0.6 is 11.6 Å². The summed E-state index contributed by atoms with van der Waals surface area (Å²) in [6, 6.07) is 11.3. The van der Waals surface area contributed by atoms with Crippen LogP contribution in [0.2, 0.25) is 5.02 Å². The van der Waals surface area contributed by atoms with Crippen LogP contribution in [0.4, 0.5) is 13.2 Å². The number of alkyl halides is 3. The Balaban J connectivity index is 1.85. The van der Waals surface area contributed by atoms with Crippen LogP contribution in [0.3, 0.4) is 0 Å². The van der Waals surface area contributed by atoms with Gasteiger partial charge in [0.25, 0.3) is 5.91 Å². The molecule has 30 heavy (non-hydrogen) atoms. The first-order valence-corrected chi connectivity index (χ1v) is 9.04. The van der Waals surface area contributed by atoms with Crippen LogP contribution in [0, 0.1) is 0 Å². The standard InChI is InChI=1S/C21H16ClF3N4O/c1-27-19(11-17(26)12-4-2-6-14(8-12)21(23,24)25)29-20(30)15-10-18-13(9-16(15)22)5-3-7-28-18/h2-11H,26H2,1H3,(H,27,29,30). The molecule has 3 N–H and O–H groups in total.